The molecule has 0 spiro atoms. The third-order valence-corrected chi connectivity index (χ3v) is 3.59. The summed E-state index contributed by atoms with van der Waals surface area (Å²) in [6.07, 6.45) is 0. The Morgan fingerprint density at radius 1 is 1.25 bits per heavy atom. The molecule has 0 aromatic rings. The zero-order valence-electron chi connectivity index (χ0n) is 11.9. The number of rotatable bonds is 6. The van der Waals surface area contributed by atoms with Gasteiger partial charge in [-0.3, -0.25) is 4.79 Å². The maximum Gasteiger partial charge on any atom is 0.236 e. The van der Waals surface area contributed by atoms with Gasteiger partial charge in [-0.25, -0.2) is 0 Å². The molecule has 0 heterocycles. The molecule has 16 heavy (non-hydrogen) atoms. The highest BCUT2D eigenvalue weighted by Crippen LogP contribution is 2.24. The zero-order valence-corrected chi connectivity index (χ0v) is 11.9. The molecule has 0 rings (SSSR count). The molecule has 1 amide bonds. The number of likely N-dealkylation sites (N-methyl/N-ethyl adjacent to an activating group) is 1. The molecule has 0 aromatic heterocycles. The fraction of sp³-hybridized carbons (Fsp3) is 0.923. The maximum absolute atomic E-state index is 11.7. The van der Waals surface area contributed by atoms with Crippen molar-refractivity contribution in [2.75, 3.05) is 20.1 Å². The summed E-state index contributed by atoms with van der Waals surface area (Å²) in [5.41, 5.74) is 0.233. The number of hydrogen-bond acceptors (Lipinski definition) is 2. The summed E-state index contributed by atoms with van der Waals surface area (Å²) in [5.74, 6) is 0.771. The lowest BCUT2D eigenvalue weighted by molar-refractivity contribution is -0.130. The second-order valence-electron chi connectivity index (χ2n) is 5.85. The summed E-state index contributed by atoms with van der Waals surface area (Å²) >= 11 is 0. The normalized spacial score (nSPS) is 12.3. The van der Waals surface area contributed by atoms with Crippen LogP contribution in [0.25, 0.3) is 0 Å². The monoisotopic (exact) mass is 228 g/mol. The highest BCUT2D eigenvalue weighted by atomic mass is 16.2. The average Bonchev–Trinajstić information content (AvgIpc) is 2.15. The van der Waals surface area contributed by atoms with Gasteiger partial charge in [0.2, 0.25) is 5.91 Å². The van der Waals surface area contributed by atoms with Crippen molar-refractivity contribution >= 4 is 5.91 Å². The predicted octanol–water partition coefficient (Wildman–Crippen LogP) is 2.12. The lowest BCUT2D eigenvalue weighted by Gasteiger charge is -2.30. The minimum atomic E-state index is 0.162. The number of amides is 1. The van der Waals surface area contributed by atoms with Crippen molar-refractivity contribution in [1.82, 2.24) is 10.2 Å². The Hall–Kier alpha value is -0.570. The van der Waals surface area contributed by atoms with Gasteiger partial charge in [-0.15, -0.1) is 0 Å². The SMILES string of the molecule is CC(C)N(C)C(=O)CNCC(C)(C)C(C)C. The van der Waals surface area contributed by atoms with E-state index in [9.17, 15) is 4.79 Å². The Bertz CT molecular complexity index is 222. The van der Waals surface area contributed by atoms with Gasteiger partial charge in [0.1, 0.15) is 0 Å². The number of carbonyl (C=O) groups is 1. The standard InChI is InChI=1S/C13H28N2O/c1-10(2)13(5,6)9-14-8-12(16)15(7)11(3)4/h10-11,14H,8-9H2,1-7H3. The highest BCUT2D eigenvalue weighted by molar-refractivity contribution is 5.78. The van der Waals surface area contributed by atoms with Crippen molar-refractivity contribution in [2.24, 2.45) is 11.3 Å². The van der Waals surface area contributed by atoms with E-state index in [4.69, 9.17) is 0 Å². The molecule has 96 valence electrons. The van der Waals surface area contributed by atoms with Crippen LogP contribution in [-0.2, 0) is 4.79 Å². The van der Waals surface area contributed by atoms with E-state index in [1.54, 1.807) is 4.90 Å². The molecule has 0 saturated carbocycles. The molecule has 0 aliphatic heterocycles. The van der Waals surface area contributed by atoms with Gasteiger partial charge in [0.05, 0.1) is 6.54 Å². The van der Waals surface area contributed by atoms with Crippen molar-refractivity contribution < 1.29 is 4.79 Å². The Kier molecular flexibility index (Phi) is 6.01. The van der Waals surface area contributed by atoms with E-state index in [-0.39, 0.29) is 17.4 Å². The molecule has 0 aliphatic carbocycles. The van der Waals surface area contributed by atoms with Crippen LogP contribution in [0.5, 0.6) is 0 Å². The number of hydrogen-bond donors (Lipinski definition) is 1. The molecule has 0 saturated heterocycles. The molecular formula is C13H28N2O. The third-order valence-electron chi connectivity index (χ3n) is 3.59. The topological polar surface area (TPSA) is 32.3 Å². The van der Waals surface area contributed by atoms with Crippen LogP contribution in [0.1, 0.15) is 41.5 Å². The molecule has 0 bridgehead atoms. The first-order chi connectivity index (χ1) is 7.18. The summed E-state index contributed by atoms with van der Waals surface area (Å²) in [7, 11) is 1.85. The van der Waals surface area contributed by atoms with Crippen molar-refractivity contribution in [1.29, 1.82) is 0 Å². The van der Waals surface area contributed by atoms with E-state index < -0.39 is 0 Å². The number of nitrogens with one attached hydrogen (secondary N) is 1. The molecular weight excluding hydrogens is 200 g/mol. The van der Waals surface area contributed by atoms with Crippen molar-refractivity contribution in [3.8, 4) is 0 Å². The fourth-order valence-electron chi connectivity index (χ4n) is 1.11. The van der Waals surface area contributed by atoms with E-state index in [1.165, 1.54) is 0 Å². The molecule has 0 aliphatic rings. The Balaban J connectivity index is 3.96. The largest absolute Gasteiger partial charge is 0.342 e. The van der Waals surface area contributed by atoms with E-state index >= 15 is 0 Å². The molecule has 0 fully saturated rings. The van der Waals surface area contributed by atoms with Gasteiger partial charge in [-0.05, 0) is 25.2 Å². The fourth-order valence-corrected chi connectivity index (χ4v) is 1.11. The summed E-state index contributed by atoms with van der Waals surface area (Å²) in [5, 5.41) is 3.25. The summed E-state index contributed by atoms with van der Waals surface area (Å²) in [6, 6.07) is 0.271. The van der Waals surface area contributed by atoms with E-state index in [1.807, 2.05) is 20.9 Å². The zero-order chi connectivity index (χ0) is 12.9. The van der Waals surface area contributed by atoms with Crippen LogP contribution in [-0.4, -0.2) is 37.0 Å². The quantitative estimate of drug-likeness (QED) is 0.755. The first kappa shape index (κ1) is 15.4. The molecule has 1 N–H and O–H groups in total. The molecule has 0 aromatic carbocycles. The van der Waals surface area contributed by atoms with E-state index in [0.717, 1.165) is 6.54 Å². The number of nitrogens with zero attached hydrogens (tertiary/aromatic N) is 1. The molecule has 3 heteroatoms. The van der Waals surface area contributed by atoms with Crippen LogP contribution in [0.2, 0.25) is 0 Å². The molecule has 3 nitrogen and oxygen atoms in total. The molecule has 0 atom stereocenters. The van der Waals surface area contributed by atoms with Crippen LogP contribution in [0, 0.1) is 11.3 Å². The highest BCUT2D eigenvalue weighted by Gasteiger charge is 2.22. The Labute approximate surface area is 101 Å². The lowest BCUT2D eigenvalue weighted by Crippen LogP contribution is -2.42. The smallest absolute Gasteiger partial charge is 0.236 e. The third kappa shape index (κ3) is 4.97. The van der Waals surface area contributed by atoms with Crippen LogP contribution < -0.4 is 5.32 Å². The summed E-state index contributed by atoms with van der Waals surface area (Å²) in [6.45, 7) is 14.2. The van der Waals surface area contributed by atoms with E-state index in [2.05, 4.69) is 33.0 Å². The second kappa shape index (κ2) is 6.24. The van der Waals surface area contributed by atoms with Gasteiger partial charge in [-0.2, -0.15) is 0 Å². The predicted molar refractivity (Wildman–Crippen MR) is 69.4 cm³/mol. The van der Waals surface area contributed by atoms with Crippen LogP contribution in [0.4, 0.5) is 0 Å². The van der Waals surface area contributed by atoms with Gasteiger partial charge < -0.3 is 10.2 Å². The molecule has 0 unspecified atom stereocenters. The van der Waals surface area contributed by atoms with Crippen LogP contribution >= 0.6 is 0 Å². The summed E-state index contributed by atoms with van der Waals surface area (Å²) < 4.78 is 0. The Morgan fingerprint density at radius 2 is 1.75 bits per heavy atom. The Morgan fingerprint density at radius 3 is 2.12 bits per heavy atom. The first-order valence-electron chi connectivity index (χ1n) is 6.15. The first-order valence-corrected chi connectivity index (χ1v) is 6.15. The van der Waals surface area contributed by atoms with Crippen LogP contribution in [0.3, 0.4) is 0 Å². The summed E-state index contributed by atoms with van der Waals surface area (Å²) in [4.78, 5) is 13.5. The van der Waals surface area contributed by atoms with Crippen molar-refractivity contribution in [2.45, 2.75) is 47.6 Å². The van der Waals surface area contributed by atoms with Gasteiger partial charge in [-0.1, -0.05) is 27.7 Å². The number of carbonyl (C=O) groups excluding carboxylic acids is 1. The molecule has 0 radical (unpaired) electrons. The second-order valence-corrected chi connectivity index (χ2v) is 5.85. The van der Waals surface area contributed by atoms with Gasteiger partial charge >= 0.3 is 0 Å². The van der Waals surface area contributed by atoms with Gasteiger partial charge in [0.25, 0.3) is 0 Å². The minimum Gasteiger partial charge on any atom is -0.342 e. The maximum atomic E-state index is 11.7. The minimum absolute atomic E-state index is 0.162. The lowest BCUT2D eigenvalue weighted by atomic mass is 9.81. The van der Waals surface area contributed by atoms with Crippen LogP contribution in [0.15, 0.2) is 0 Å². The van der Waals surface area contributed by atoms with Crippen molar-refractivity contribution in [3.05, 3.63) is 0 Å². The average molecular weight is 228 g/mol. The van der Waals surface area contributed by atoms with Crippen molar-refractivity contribution in [3.63, 3.8) is 0 Å². The van der Waals surface area contributed by atoms with E-state index in [0.29, 0.717) is 12.5 Å². The van der Waals surface area contributed by atoms with Gasteiger partial charge in [0.15, 0.2) is 0 Å². The van der Waals surface area contributed by atoms with Gasteiger partial charge in [0, 0.05) is 19.6 Å².